The van der Waals surface area contributed by atoms with Crippen molar-refractivity contribution < 1.29 is 5.11 Å². The quantitative estimate of drug-likeness (QED) is 0.705. The van der Waals surface area contributed by atoms with Gasteiger partial charge in [-0.3, -0.25) is 0 Å². The topological polar surface area (TPSA) is 75.9 Å². The smallest absolute Gasteiger partial charge is 0.187 e. The molecule has 2 heterocycles. The monoisotopic (exact) mass is 205 g/mol. The summed E-state index contributed by atoms with van der Waals surface area (Å²) in [6.45, 7) is 0. The Balaban J connectivity index is 2.11. The third-order valence-corrected chi connectivity index (χ3v) is 1.94. The molecule has 78 valence electrons. The van der Waals surface area contributed by atoms with E-state index in [9.17, 15) is 5.11 Å². The van der Waals surface area contributed by atoms with Crippen LogP contribution in [0.15, 0.2) is 30.7 Å². The van der Waals surface area contributed by atoms with Gasteiger partial charge in [-0.25, -0.2) is 4.98 Å². The molecule has 2 aromatic heterocycles. The highest BCUT2D eigenvalue weighted by Gasteiger charge is 2.12. The predicted molar refractivity (Wildman–Crippen MR) is 53.8 cm³/mol. The summed E-state index contributed by atoms with van der Waals surface area (Å²) in [6.07, 6.45) is 2.26. The molecule has 0 aliphatic carbocycles. The number of pyridine rings is 1. The summed E-state index contributed by atoms with van der Waals surface area (Å²) in [5.74, 6) is 1.04. The van der Waals surface area contributed by atoms with Gasteiger partial charge >= 0.3 is 0 Å². The Morgan fingerprint density at radius 2 is 2.33 bits per heavy atom. The van der Waals surface area contributed by atoms with Gasteiger partial charge in [0.05, 0.1) is 0 Å². The molecule has 1 atom stereocenters. The van der Waals surface area contributed by atoms with E-state index < -0.39 is 6.23 Å². The first-order valence-electron chi connectivity index (χ1n) is 4.47. The SMILES string of the molecule is Cn1cnnc1C(O)Nc1ccccn1. The van der Waals surface area contributed by atoms with Crippen molar-refractivity contribution in [2.45, 2.75) is 6.23 Å². The predicted octanol–water partition coefficient (Wildman–Crippen LogP) is 0.313. The fourth-order valence-corrected chi connectivity index (χ4v) is 1.19. The molecule has 0 bridgehead atoms. The van der Waals surface area contributed by atoms with Gasteiger partial charge in [0.25, 0.3) is 0 Å². The first kappa shape index (κ1) is 9.60. The van der Waals surface area contributed by atoms with Crippen LogP contribution in [0.5, 0.6) is 0 Å². The molecule has 0 amide bonds. The van der Waals surface area contributed by atoms with E-state index >= 15 is 0 Å². The number of aliphatic hydroxyl groups excluding tert-OH is 1. The summed E-state index contributed by atoms with van der Waals surface area (Å²) in [4.78, 5) is 4.03. The zero-order valence-electron chi connectivity index (χ0n) is 8.20. The number of aliphatic hydroxyl groups is 1. The van der Waals surface area contributed by atoms with Crippen molar-refractivity contribution in [3.05, 3.63) is 36.5 Å². The molecule has 15 heavy (non-hydrogen) atoms. The molecule has 1 unspecified atom stereocenters. The molecule has 0 radical (unpaired) electrons. The van der Waals surface area contributed by atoms with Gasteiger partial charge < -0.3 is 15.0 Å². The lowest BCUT2D eigenvalue weighted by Crippen LogP contribution is -2.15. The summed E-state index contributed by atoms with van der Waals surface area (Å²) in [7, 11) is 1.76. The Kier molecular flexibility index (Phi) is 2.59. The van der Waals surface area contributed by atoms with Crippen molar-refractivity contribution in [2.75, 3.05) is 5.32 Å². The van der Waals surface area contributed by atoms with E-state index in [-0.39, 0.29) is 0 Å². The molecule has 6 nitrogen and oxygen atoms in total. The summed E-state index contributed by atoms with van der Waals surface area (Å²) in [5, 5.41) is 20.0. The Bertz CT molecular complexity index is 427. The first-order valence-corrected chi connectivity index (χ1v) is 4.47. The number of hydrogen-bond donors (Lipinski definition) is 2. The third-order valence-electron chi connectivity index (χ3n) is 1.94. The van der Waals surface area contributed by atoms with E-state index in [1.54, 1.807) is 29.9 Å². The second-order valence-electron chi connectivity index (χ2n) is 3.06. The van der Waals surface area contributed by atoms with Gasteiger partial charge in [-0.1, -0.05) is 6.07 Å². The van der Waals surface area contributed by atoms with Crippen molar-refractivity contribution in [1.29, 1.82) is 0 Å². The molecular weight excluding hydrogens is 194 g/mol. The largest absolute Gasteiger partial charge is 0.367 e. The maximum atomic E-state index is 9.77. The molecule has 2 N–H and O–H groups in total. The Morgan fingerprint density at radius 3 is 2.93 bits per heavy atom. The van der Waals surface area contributed by atoms with E-state index in [2.05, 4.69) is 20.5 Å². The minimum atomic E-state index is -0.910. The van der Waals surface area contributed by atoms with Crippen LogP contribution in [-0.2, 0) is 7.05 Å². The van der Waals surface area contributed by atoms with Crippen LogP contribution in [0.25, 0.3) is 0 Å². The lowest BCUT2D eigenvalue weighted by atomic mass is 10.4. The molecule has 6 heteroatoms. The summed E-state index contributed by atoms with van der Waals surface area (Å²) >= 11 is 0. The zero-order chi connectivity index (χ0) is 10.7. The summed E-state index contributed by atoms with van der Waals surface area (Å²) in [5.41, 5.74) is 0. The highest BCUT2D eigenvalue weighted by molar-refractivity contribution is 5.34. The first-order chi connectivity index (χ1) is 7.27. The zero-order valence-corrected chi connectivity index (χ0v) is 8.20. The lowest BCUT2D eigenvalue weighted by Gasteiger charge is -2.11. The van der Waals surface area contributed by atoms with Crippen molar-refractivity contribution in [3.63, 3.8) is 0 Å². The third kappa shape index (κ3) is 2.10. The van der Waals surface area contributed by atoms with Crippen LogP contribution in [0.4, 0.5) is 5.82 Å². The molecule has 0 fully saturated rings. The number of aryl methyl sites for hydroxylation is 1. The van der Waals surface area contributed by atoms with Crippen LogP contribution in [-0.4, -0.2) is 24.9 Å². The van der Waals surface area contributed by atoms with Crippen molar-refractivity contribution in [3.8, 4) is 0 Å². The van der Waals surface area contributed by atoms with E-state index in [1.165, 1.54) is 6.33 Å². The van der Waals surface area contributed by atoms with Crippen LogP contribution >= 0.6 is 0 Å². The van der Waals surface area contributed by atoms with E-state index in [0.29, 0.717) is 11.6 Å². The number of rotatable bonds is 3. The highest BCUT2D eigenvalue weighted by atomic mass is 16.3. The van der Waals surface area contributed by atoms with Crippen LogP contribution in [0.2, 0.25) is 0 Å². The van der Waals surface area contributed by atoms with Crippen LogP contribution in [0.1, 0.15) is 12.1 Å². The standard InChI is InChI=1S/C9H11N5O/c1-14-6-11-13-8(14)9(15)12-7-4-2-3-5-10-7/h2-6,9,15H,1H3,(H,10,12). The number of aromatic nitrogens is 4. The van der Waals surface area contributed by atoms with Gasteiger partial charge in [0.1, 0.15) is 12.1 Å². The van der Waals surface area contributed by atoms with E-state index in [4.69, 9.17) is 0 Å². The maximum Gasteiger partial charge on any atom is 0.187 e. The maximum absolute atomic E-state index is 9.77. The second-order valence-corrected chi connectivity index (χ2v) is 3.06. The second kappa shape index (κ2) is 4.05. The Morgan fingerprint density at radius 1 is 1.47 bits per heavy atom. The Labute approximate surface area is 86.6 Å². The fraction of sp³-hybridized carbons (Fsp3) is 0.222. The van der Waals surface area contributed by atoms with Crippen molar-refractivity contribution in [2.24, 2.45) is 7.05 Å². The molecule has 0 spiro atoms. The van der Waals surface area contributed by atoms with Crippen LogP contribution in [0.3, 0.4) is 0 Å². The summed E-state index contributed by atoms with van der Waals surface area (Å²) in [6, 6.07) is 5.40. The minimum Gasteiger partial charge on any atom is -0.367 e. The highest BCUT2D eigenvalue weighted by Crippen LogP contribution is 2.11. The Hall–Kier alpha value is -1.95. The van der Waals surface area contributed by atoms with Gasteiger partial charge in [-0.2, -0.15) is 0 Å². The van der Waals surface area contributed by atoms with Gasteiger partial charge in [0.2, 0.25) is 0 Å². The molecule has 2 aromatic rings. The molecule has 0 aromatic carbocycles. The van der Waals surface area contributed by atoms with Crippen LogP contribution in [0, 0.1) is 0 Å². The van der Waals surface area contributed by atoms with E-state index in [1.807, 2.05) is 6.07 Å². The van der Waals surface area contributed by atoms with Gasteiger partial charge in [-0.15, -0.1) is 10.2 Å². The molecule has 0 saturated heterocycles. The van der Waals surface area contributed by atoms with Gasteiger partial charge in [0.15, 0.2) is 12.1 Å². The fourth-order valence-electron chi connectivity index (χ4n) is 1.19. The average Bonchev–Trinajstić information content (AvgIpc) is 2.66. The van der Waals surface area contributed by atoms with Crippen molar-refractivity contribution >= 4 is 5.82 Å². The normalized spacial score (nSPS) is 12.4. The molecular formula is C9H11N5O. The average molecular weight is 205 g/mol. The molecule has 0 saturated carbocycles. The summed E-state index contributed by atoms with van der Waals surface area (Å²) < 4.78 is 1.64. The number of nitrogens with zero attached hydrogens (tertiary/aromatic N) is 4. The molecule has 0 aliphatic heterocycles. The minimum absolute atomic E-state index is 0.445. The van der Waals surface area contributed by atoms with Gasteiger partial charge in [-0.05, 0) is 12.1 Å². The van der Waals surface area contributed by atoms with Gasteiger partial charge in [0, 0.05) is 13.2 Å². The number of anilines is 1. The number of nitrogens with one attached hydrogen (secondary N) is 1. The lowest BCUT2D eigenvalue weighted by molar-refractivity contribution is 0.193. The molecule has 0 aliphatic rings. The van der Waals surface area contributed by atoms with Crippen LogP contribution < -0.4 is 5.32 Å². The van der Waals surface area contributed by atoms with E-state index in [0.717, 1.165) is 0 Å². The van der Waals surface area contributed by atoms with Crippen molar-refractivity contribution in [1.82, 2.24) is 19.7 Å². The number of hydrogen-bond acceptors (Lipinski definition) is 5. The molecule has 2 rings (SSSR count).